The maximum Gasteiger partial charge on any atom is 0.414 e. The molecule has 1 aliphatic rings. The lowest BCUT2D eigenvalue weighted by atomic mass is 10.1. The first-order chi connectivity index (χ1) is 25.8. The summed E-state index contributed by atoms with van der Waals surface area (Å²) in [5.74, 6) is -1.23. The summed E-state index contributed by atoms with van der Waals surface area (Å²) >= 11 is 6.42. The summed E-state index contributed by atoms with van der Waals surface area (Å²) in [5, 5.41) is 20.0. The third-order valence-corrected chi connectivity index (χ3v) is 9.90. The van der Waals surface area contributed by atoms with E-state index in [1.165, 1.54) is 64.8 Å². The number of nitrogens with zero attached hydrogens (tertiary/aromatic N) is 1. The topological polar surface area (TPSA) is 222 Å². The molecule has 4 amide bonds. The number of carboxylic acid groups (broad SMARTS) is 1. The number of ether oxygens (including phenoxy) is 5. The van der Waals surface area contributed by atoms with Gasteiger partial charge in [0, 0.05) is 36.9 Å². The highest BCUT2D eigenvalue weighted by molar-refractivity contribution is 7.57. The van der Waals surface area contributed by atoms with Gasteiger partial charge in [-0.15, -0.1) is 0 Å². The number of carbonyl (C=O) groups excluding carboxylic acids is 3. The molecular formula is C35H37ClN5O12P. The minimum Gasteiger partial charge on any atom is -0.496 e. The Bertz CT molecular complexity index is 2110. The number of pyridine rings is 1. The third-order valence-electron chi connectivity index (χ3n) is 7.72. The number of benzene rings is 3. The zero-order chi connectivity index (χ0) is 39.0. The highest BCUT2D eigenvalue weighted by atomic mass is 35.5. The van der Waals surface area contributed by atoms with Gasteiger partial charge in [-0.3, -0.25) is 24.5 Å². The van der Waals surface area contributed by atoms with E-state index in [1.807, 2.05) is 0 Å². The number of alkyl carbamates (subject to hydrolysis) is 1. The summed E-state index contributed by atoms with van der Waals surface area (Å²) in [6, 6.07) is 12.3. The molecule has 0 aliphatic heterocycles. The average Bonchev–Trinajstić information content (AvgIpc) is 3.95. The number of aliphatic carboxylic acids is 1. The van der Waals surface area contributed by atoms with Crippen LogP contribution < -0.4 is 39.8 Å². The summed E-state index contributed by atoms with van der Waals surface area (Å²) in [4.78, 5) is 54.0. The Labute approximate surface area is 314 Å². The molecule has 0 bridgehead atoms. The molecule has 54 heavy (non-hydrogen) atoms. The Kier molecular flexibility index (Phi) is 12.8. The number of nitrogens with one attached hydrogen (secondary N) is 4. The monoisotopic (exact) mass is 785 g/mol. The molecule has 4 aromatic rings. The highest BCUT2D eigenvalue weighted by Gasteiger charge is 2.31. The zero-order valence-electron chi connectivity index (χ0n) is 29.5. The lowest BCUT2D eigenvalue weighted by molar-refractivity contribution is -0.138. The second-order valence-electron chi connectivity index (χ2n) is 11.9. The van der Waals surface area contributed by atoms with Crippen molar-refractivity contribution in [2.24, 2.45) is 0 Å². The smallest absolute Gasteiger partial charge is 0.414 e. The van der Waals surface area contributed by atoms with Crippen LogP contribution in [0.2, 0.25) is 5.02 Å². The minimum atomic E-state index is -3.91. The van der Waals surface area contributed by atoms with E-state index in [9.17, 15) is 28.8 Å². The summed E-state index contributed by atoms with van der Waals surface area (Å²) in [5.41, 5.74) is 1.14. The van der Waals surface area contributed by atoms with E-state index >= 15 is 0 Å². The molecule has 2 atom stereocenters. The summed E-state index contributed by atoms with van der Waals surface area (Å²) in [6.45, 7) is 0.938. The summed E-state index contributed by atoms with van der Waals surface area (Å²) < 4.78 is 46.1. The number of carboxylic acids is 1. The molecule has 19 heteroatoms. The second kappa shape index (κ2) is 17.5. The standard InChI is InChI=1S/C35H37ClN5O12P/c1-19(33(43)44)41-54(47,18-48-2)53-31-13-20(5-10-29(31)49-3)17-51-35(46)40-32(42)24-15-23-27(16-30(24)50-4)37-12-11-28(23)52-22-8-9-26(25(36)14-22)39-34(45)38-21-6-7-21/h5,8-16,19,21H,6-7,17-18H2,1-4H3,(H,41,47)(H,43,44)(H2,38,39,45)(H,40,42,46). The van der Waals surface area contributed by atoms with Gasteiger partial charge in [0.1, 0.15) is 36.2 Å². The van der Waals surface area contributed by atoms with Gasteiger partial charge >= 0.3 is 25.6 Å². The van der Waals surface area contributed by atoms with E-state index in [0.717, 1.165) is 12.8 Å². The maximum absolute atomic E-state index is 13.4. The number of imide groups is 1. The predicted molar refractivity (Wildman–Crippen MR) is 196 cm³/mol. The lowest BCUT2D eigenvalue weighted by Crippen LogP contribution is -2.33. The van der Waals surface area contributed by atoms with Gasteiger partial charge in [-0.25, -0.2) is 14.7 Å². The molecule has 0 radical (unpaired) electrons. The number of halogens is 1. The van der Waals surface area contributed by atoms with E-state index in [1.54, 1.807) is 24.3 Å². The van der Waals surface area contributed by atoms with E-state index in [2.05, 4.69) is 26.0 Å². The molecular weight excluding hydrogens is 749 g/mol. The Morgan fingerprint density at radius 3 is 2.39 bits per heavy atom. The van der Waals surface area contributed by atoms with Gasteiger partial charge in [0.05, 0.1) is 36.0 Å². The van der Waals surface area contributed by atoms with Gasteiger partial charge in [-0.05, 0) is 61.7 Å². The molecule has 1 saturated carbocycles. The van der Waals surface area contributed by atoms with Crippen molar-refractivity contribution >= 4 is 59.7 Å². The van der Waals surface area contributed by atoms with Crippen LogP contribution in [0.4, 0.5) is 15.3 Å². The maximum atomic E-state index is 13.4. The van der Waals surface area contributed by atoms with Crippen LogP contribution in [0.5, 0.6) is 28.7 Å². The second-order valence-corrected chi connectivity index (χ2v) is 14.3. The SMILES string of the molecule is COCP(=O)(NC(C)C(=O)O)Oc1cc(COC(=O)NC(=O)c2cc3c(Oc4ccc(NC(=O)NC5CC5)c(Cl)c4)ccnc3cc2OC)ccc1OC. The number of rotatable bonds is 16. The predicted octanol–water partition coefficient (Wildman–Crippen LogP) is 6.29. The number of hydrogen-bond donors (Lipinski definition) is 5. The number of methoxy groups -OCH3 is 3. The van der Waals surface area contributed by atoms with Crippen molar-refractivity contribution in [2.45, 2.75) is 38.5 Å². The minimum absolute atomic E-state index is 0.0313. The number of aromatic nitrogens is 1. The van der Waals surface area contributed by atoms with E-state index in [4.69, 9.17) is 39.8 Å². The van der Waals surface area contributed by atoms with E-state index < -0.39 is 37.9 Å². The number of carbonyl (C=O) groups is 4. The molecule has 0 saturated heterocycles. The van der Waals surface area contributed by atoms with Crippen molar-refractivity contribution in [3.8, 4) is 28.7 Å². The summed E-state index contributed by atoms with van der Waals surface area (Å²) in [7, 11) is 0.0692. The number of fused-ring (bicyclic) bond motifs is 1. The molecule has 1 heterocycles. The van der Waals surface area contributed by atoms with Crippen LogP contribution in [-0.2, 0) is 25.4 Å². The molecule has 17 nitrogen and oxygen atoms in total. The van der Waals surface area contributed by atoms with Crippen molar-refractivity contribution in [1.29, 1.82) is 0 Å². The van der Waals surface area contributed by atoms with E-state index in [0.29, 0.717) is 33.7 Å². The largest absolute Gasteiger partial charge is 0.496 e. The van der Waals surface area contributed by atoms with Gasteiger partial charge < -0.3 is 43.9 Å². The molecule has 2 unspecified atom stereocenters. The lowest BCUT2D eigenvalue weighted by Gasteiger charge is -2.23. The fourth-order valence-electron chi connectivity index (χ4n) is 4.94. The quantitative estimate of drug-likeness (QED) is 0.0789. The molecule has 0 spiro atoms. The van der Waals surface area contributed by atoms with Gasteiger partial charge in [-0.2, -0.15) is 0 Å². The van der Waals surface area contributed by atoms with Gasteiger partial charge in [0.2, 0.25) is 0 Å². The third kappa shape index (κ3) is 10.3. The molecule has 286 valence electrons. The first-order valence-electron chi connectivity index (χ1n) is 16.3. The van der Waals surface area contributed by atoms with Crippen molar-refractivity contribution in [3.63, 3.8) is 0 Å². The Hall–Kier alpha value is -5.61. The van der Waals surface area contributed by atoms with Crippen LogP contribution in [0.15, 0.2) is 60.8 Å². The number of urea groups is 1. The first kappa shape index (κ1) is 39.6. The normalized spacial score (nSPS) is 13.9. The molecule has 3 aromatic carbocycles. The Balaban J connectivity index is 1.27. The Morgan fingerprint density at radius 1 is 0.963 bits per heavy atom. The zero-order valence-corrected chi connectivity index (χ0v) is 31.1. The molecule has 1 aromatic heterocycles. The summed E-state index contributed by atoms with van der Waals surface area (Å²) in [6.07, 6.45) is 1.83. The van der Waals surface area contributed by atoms with Crippen LogP contribution in [0.1, 0.15) is 35.7 Å². The molecule has 5 N–H and O–H groups in total. The van der Waals surface area contributed by atoms with Gasteiger partial charge in [-0.1, -0.05) is 17.7 Å². The van der Waals surface area contributed by atoms with Crippen LogP contribution >= 0.6 is 19.1 Å². The van der Waals surface area contributed by atoms with Crippen molar-refractivity contribution in [2.75, 3.05) is 33.0 Å². The van der Waals surface area contributed by atoms with Gasteiger partial charge in [0.15, 0.2) is 11.5 Å². The first-order valence-corrected chi connectivity index (χ1v) is 18.4. The number of amides is 4. The number of anilines is 1. The Morgan fingerprint density at radius 2 is 1.72 bits per heavy atom. The van der Waals surface area contributed by atoms with Crippen LogP contribution in [0.3, 0.4) is 0 Å². The van der Waals surface area contributed by atoms with Crippen LogP contribution in [-0.4, -0.2) is 73.9 Å². The highest BCUT2D eigenvalue weighted by Crippen LogP contribution is 2.46. The number of hydrogen-bond acceptors (Lipinski definition) is 12. The fraction of sp³-hybridized carbons (Fsp3) is 0.286. The molecule has 1 fully saturated rings. The average molecular weight is 786 g/mol. The molecule has 5 rings (SSSR count). The van der Waals surface area contributed by atoms with Crippen molar-refractivity contribution in [3.05, 3.63) is 76.9 Å². The van der Waals surface area contributed by atoms with Crippen molar-refractivity contribution < 1.29 is 57.1 Å². The molecule has 1 aliphatic carbocycles. The van der Waals surface area contributed by atoms with Crippen molar-refractivity contribution in [1.82, 2.24) is 20.7 Å². The van der Waals surface area contributed by atoms with Crippen LogP contribution in [0, 0.1) is 0 Å². The fourth-order valence-corrected chi connectivity index (χ4v) is 6.84. The van der Waals surface area contributed by atoms with E-state index in [-0.39, 0.29) is 46.5 Å². The van der Waals surface area contributed by atoms with Crippen LogP contribution in [0.25, 0.3) is 10.9 Å². The van der Waals surface area contributed by atoms with Gasteiger partial charge in [0.25, 0.3) is 5.91 Å².